The Morgan fingerprint density at radius 3 is 2.84 bits per heavy atom. The number of amides is 1. The second kappa shape index (κ2) is 6.09. The van der Waals surface area contributed by atoms with Gasteiger partial charge in [0.15, 0.2) is 0 Å². The fourth-order valence-electron chi connectivity index (χ4n) is 2.76. The Balaban J connectivity index is 1.67. The maximum Gasteiger partial charge on any atom is 0.411 e. The fraction of sp³-hybridized carbons (Fsp3) is 0.917. The number of carbonyl (C=O) groups excluding carboxylic acids is 1. The molecule has 19 heavy (non-hydrogen) atoms. The van der Waals surface area contributed by atoms with Crippen molar-refractivity contribution in [2.45, 2.75) is 31.5 Å². The van der Waals surface area contributed by atoms with Crippen molar-refractivity contribution in [1.29, 1.82) is 0 Å². The normalized spacial score (nSPS) is 27.4. The molecule has 4 nitrogen and oxygen atoms in total. The maximum absolute atomic E-state index is 11.9. The first-order valence-electron chi connectivity index (χ1n) is 6.61. The highest BCUT2D eigenvalue weighted by Crippen LogP contribution is 2.25. The topological polar surface area (TPSA) is 41.6 Å². The molecule has 1 N–H and O–H groups in total. The summed E-state index contributed by atoms with van der Waals surface area (Å²) in [5.74, 6) is 0.382. The lowest BCUT2D eigenvalue weighted by molar-refractivity contribution is -0.175. The first kappa shape index (κ1) is 14.6. The van der Waals surface area contributed by atoms with Gasteiger partial charge in [-0.05, 0) is 25.3 Å². The van der Waals surface area contributed by atoms with Gasteiger partial charge in [0.1, 0.15) is 6.61 Å². The Labute approximate surface area is 110 Å². The molecule has 2 saturated heterocycles. The number of alkyl halides is 3. The number of likely N-dealkylation sites (tertiary alicyclic amines) is 1. The summed E-state index contributed by atoms with van der Waals surface area (Å²) in [6, 6.07) is 0.355. The lowest BCUT2D eigenvalue weighted by Crippen LogP contribution is -2.41. The quantitative estimate of drug-likeness (QED) is 0.786. The predicted molar refractivity (Wildman–Crippen MR) is 62.6 cm³/mol. The van der Waals surface area contributed by atoms with Crippen molar-refractivity contribution < 1.29 is 22.7 Å². The zero-order valence-electron chi connectivity index (χ0n) is 10.7. The molecule has 1 amide bonds. The van der Waals surface area contributed by atoms with E-state index in [2.05, 4.69) is 10.1 Å². The Kier molecular flexibility index (Phi) is 4.67. The smallest absolute Gasteiger partial charge is 0.372 e. The molecular formula is C12H19F3N2O2. The van der Waals surface area contributed by atoms with Crippen molar-refractivity contribution in [3.8, 4) is 0 Å². The Morgan fingerprint density at radius 2 is 2.16 bits per heavy atom. The number of ether oxygens (including phenoxy) is 1. The molecule has 0 aliphatic carbocycles. The van der Waals surface area contributed by atoms with Gasteiger partial charge in [0.25, 0.3) is 0 Å². The van der Waals surface area contributed by atoms with E-state index < -0.39 is 12.8 Å². The van der Waals surface area contributed by atoms with Gasteiger partial charge in [0, 0.05) is 19.1 Å². The highest BCUT2D eigenvalue weighted by atomic mass is 19.4. The zero-order chi connectivity index (χ0) is 13.9. The highest BCUT2D eigenvalue weighted by Gasteiger charge is 2.36. The molecule has 0 saturated carbocycles. The number of halogens is 3. The van der Waals surface area contributed by atoms with Crippen LogP contribution >= 0.6 is 0 Å². The molecule has 2 heterocycles. The molecule has 2 rings (SSSR count). The second-order valence-electron chi connectivity index (χ2n) is 5.18. The average molecular weight is 280 g/mol. The van der Waals surface area contributed by atoms with Crippen LogP contribution in [0.25, 0.3) is 0 Å². The second-order valence-corrected chi connectivity index (χ2v) is 5.18. The Hall–Kier alpha value is -0.820. The number of hydrogen-bond acceptors (Lipinski definition) is 3. The van der Waals surface area contributed by atoms with Crippen LogP contribution in [0.2, 0.25) is 0 Å². The molecule has 110 valence electrons. The molecule has 2 aliphatic heterocycles. The number of carbonyl (C=O) groups is 1. The van der Waals surface area contributed by atoms with Crippen LogP contribution in [0.15, 0.2) is 0 Å². The van der Waals surface area contributed by atoms with E-state index in [0.717, 1.165) is 25.9 Å². The molecule has 7 heteroatoms. The van der Waals surface area contributed by atoms with Crippen LogP contribution in [0.4, 0.5) is 13.2 Å². The molecule has 2 fully saturated rings. The SMILES string of the molecule is O=C(CCOCC(F)(F)F)N1CC2CCCNC2C1. The predicted octanol–water partition coefficient (Wildman–Crippen LogP) is 1.17. The van der Waals surface area contributed by atoms with Gasteiger partial charge in [0.05, 0.1) is 13.0 Å². The molecule has 0 radical (unpaired) electrons. The lowest BCUT2D eigenvalue weighted by Gasteiger charge is -2.24. The standard InChI is InChI=1S/C12H19F3N2O2/c13-12(14,15)8-19-5-3-11(18)17-6-9-2-1-4-16-10(9)7-17/h9-10,16H,1-8H2. The summed E-state index contributed by atoms with van der Waals surface area (Å²) >= 11 is 0. The Bertz CT molecular complexity index is 309. The van der Waals surface area contributed by atoms with E-state index in [4.69, 9.17) is 0 Å². The van der Waals surface area contributed by atoms with Crippen LogP contribution in [0.1, 0.15) is 19.3 Å². The summed E-state index contributed by atoms with van der Waals surface area (Å²) in [7, 11) is 0. The van der Waals surface area contributed by atoms with Gasteiger partial charge in [-0.25, -0.2) is 0 Å². The molecule has 0 spiro atoms. The number of rotatable bonds is 4. The van der Waals surface area contributed by atoms with Crippen LogP contribution in [0.5, 0.6) is 0 Å². The lowest BCUT2D eigenvalue weighted by atomic mass is 9.94. The van der Waals surface area contributed by atoms with Crippen LogP contribution < -0.4 is 5.32 Å². The van der Waals surface area contributed by atoms with Crippen molar-refractivity contribution in [1.82, 2.24) is 10.2 Å². The number of hydrogen-bond donors (Lipinski definition) is 1. The van der Waals surface area contributed by atoms with E-state index in [-0.39, 0.29) is 18.9 Å². The molecule has 0 aromatic heterocycles. The molecule has 2 atom stereocenters. The van der Waals surface area contributed by atoms with Crippen LogP contribution in [0.3, 0.4) is 0 Å². The molecule has 2 aliphatic rings. The molecule has 0 aromatic carbocycles. The summed E-state index contributed by atoms with van der Waals surface area (Å²) in [6.45, 7) is 0.918. The molecule has 0 aromatic rings. The maximum atomic E-state index is 11.9. The first-order valence-corrected chi connectivity index (χ1v) is 6.61. The summed E-state index contributed by atoms with van der Waals surface area (Å²) in [5.41, 5.74) is 0. The van der Waals surface area contributed by atoms with Crippen molar-refractivity contribution in [3.63, 3.8) is 0 Å². The van der Waals surface area contributed by atoms with E-state index in [9.17, 15) is 18.0 Å². The van der Waals surface area contributed by atoms with Crippen molar-refractivity contribution in [2.24, 2.45) is 5.92 Å². The van der Waals surface area contributed by atoms with Crippen molar-refractivity contribution >= 4 is 5.91 Å². The number of fused-ring (bicyclic) bond motifs is 1. The number of nitrogens with one attached hydrogen (secondary N) is 1. The van der Waals surface area contributed by atoms with E-state index in [1.165, 1.54) is 0 Å². The molecule has 0 bridgehead atoms. The van der Waals surface area contributed by atoms with Crippen LogP contribution in [0, 0.1) is 5.92 Å². The van der Waals surface area contributed by atoms with Crippen molar-refractivity contribution in [2.75, 3.05) is 32.8 Å². The van der Waals surface area contributed by atoms with Crippen LogP contribution in [-0.2, 0) is 9.53 Å². The van der Waals surface area contributed by atoms with Gasteiger partial charge in [-0.3, -0.25) is 4.79 Å². The average Bonchev–Trinajstić information content (AvgIpc) is 2.77. The fourth-order valence-corrected chi connectivity index (χ4v) is 2.76. The molecule has 2 unspecified atom stereocenters. The van der Waals surface area contributed by atoms with E-state index in [0.29, 0.717) is 18.5 Å². The summed E-state index contributed by atoms with van der Waals surface area (Å²) in [4.78, 5) is 13.6. The Morgan fingerprint density at radius 1 is 1.37 bits per heavy atom. The van der Waals surface area contributed by atoms with Gasteiger partial charge >= 0.3 is 6.18 Å². The van der Waals surface area contributed by atoms with Gasteiger partial charge in [0.2, 0.25) is 5.91 Å². The summed E-state index contributed by atoms with van der Waals surface area (Å²) in [5, 5.41) is 3.38. The largest absolute Gasteiger partial charge is 0.411 e. The highest BCUT2D eigenvalue weighted by molar-refractivity contribution is 5.76. The minimum absolute atomic E-state index is 0.0233. The van der Waals surface area contributed by atoms with E-state index in [1.807, 2.05) is 0 Å². The summed E-state index contributed by atoms with van der Waals surface area (Å²) < 4.78 is 40.0. The van der Waals surface area contributed by atoms with Gasteiger partial charge in [-0.1, -0.05) is 0 Å². The third-order valence-corrected chi connectivity index (χ3v) is 3.68. The van der Waals surface area contributed by atoms with Crippen LogP contribution in [-0.4, -0.2) is 55.9 Å². The third kappa shape index (κ3) is 4.35. The van der Waals surface area contributed by atoms with Gasteiger partial charge < -0.3 is 15.0 Å². The minimum atomic E-state index is -4.32. The van der Waals surface area contributed by atoms with Gasteiger partial charge in [-0.15, -0.1) is 0 Å². The number of nitrogens with zero attached hydrogens (tertiary/aromatic N) is 1. The monoisotopic (exact) mass is 280 g/mol. The molecular weight excluding hydrogens is 261 g/mol. The number of piperidine rings is 1. The summed E-state index contributed by atoms with van der Waals surface area (Å²) in [6.07, 6.45) is -2.06. The first-order chi connectivity index (χ1) is 8.96. The van der Waals surface area contributed by atoms with Gasteiger partial charge in [-0.2, -0.15) is 13.2 Å². The zero-order valence-corrected chi connectivity index (χ0v) is 10.7. The van der Waals surface area contributed by atoms with E-state index >= 15 is 0 Å². The third-order valence-electron chi connectivity index (χ3n) is 3.68. The van der Waals surface area contributed by atoms with E-state index in [1.54, 1.807) is 4.90 Å². The minimum Gasteiger partial charge on any atom is -0.372 e. The van der Waals surface area contributed by atoms with Crippen molar-refractivity contribution in [3.05, 3.63) is 0 Å².